The maximum atomic E-state index is 12.1. The third kappa shape index (κ3) is 5.60. The third-order valence-corrected chi connectivity index (χ3v) is 5.51. The van der Waals surface area contributed by atoms with Gasteiger partial charge in [0.15, 0.2) is 0 Å². The van der Waals surface area contributed by atoms with Gasteiger partial charge in [-0.15, -0.1) is 13.2 Å². The number of benzene rings is 1. The fourth-order valence-corrected chi connectivity index (χ4v) is 3.28. The highest BCUT2D eigenvalue weighted by Crippen LogP contribution is 2.34. The first-order valence-electron chi connectivity index (χ1n) is 7.61. The summed E-state index contributed by atoms with van der Waals surface area (Å²) in [5, 5.41) is 0. The van der Waals surface area contributed by atoms with E-state index in [-0.39, 0.29) is 16.8 Å². The molecule has 1 aromatic rings. The van der Waals surface area contributed by atoms with Crippen molar-refractivity contribution in [2.45, 2.75) is 37.1 Å². The average molecular weight is 380 g/mol. The van der Waals surface area contributed by atoms with Gasteiger partial charge in [0.05, 0.1) is 11.4 Å². The Morgan fingerprint density at radius 1 is 1.32 bits per heavy atom. The van der Waals surface area contributed by atoms with Gasteiger partial charge < -0.3 is 9.64 Å². The summed E-state index contributed by atoms with van der Waals surface area (Å²) in [5.74, 6) is -0.452. The molecule has 0 radical (unpaired) electrons. The zero-order valence-corrected chi connectivity index (χ0v) is 14.5. The Kier molecular flexibility index (Phi) is 5.62. The van der Waals surface area contributed by atoms with E-state index in [9.17, 15) is 26.4 Å². The minimum absolute atomic E-state index is 0.0378. The first kappa shape index (κ1) is 19.5. The Balaban J connectivity index is 1.95. The number of likely N-dealkylation sites (N-methyl/N-ethyl adjacent to an activating group) is 1. The number of alkyl halides is 3. The summed E-state index contributed by atoms with van der Waals surface area (Å²) in [6, 6.07) is 3.78. The number of amides is 1. The van der Waals surface area contributed by atoms with Crippen LogP contribution in [0.15, 0.2) is 29.2 Å². The lowest BCUT2D eigenvalue weighted by Gasteiger charge is -2.25. The van der Waals surface area contributed by atoms with Crippen molar-refractivity contribution in [1.82, 2.24) is 9.62 Å². The van der Waals surface area contributed by atoms with Gasteiger partial charge in [-0.25, -0.2) is 13.1 Å². The van der Waals surface area contributed by atoms with Crippen molar-refractivity contribution in [1.29, 1.82) is 0 Å². The van der Waals surface area contributed by atoms with Crippen LogP contribution in [0.4, 0.5) is 13.2 Å². The molecule has 0 spiro atoms. The van der Waals surface area contributed by atoms with Crippen LogP contribution in [-0.2, 0) is 14.8 Å². The molecule has 1 aromatic carbocycles. The number of rotatable bonds is 7. The number of ether oxygens (including phenoxy) is 1. The van der Waals surface area contributed by atoms with Crippen molar-refractivity contribution in [2.75, 3.05) is 13.6 Å². The number of halogens is 3. The highest BCUT2D eigenvalue weighted by atomic mass is 32.2. The fraction of sp³-hybridized carbons (Fsp3) is 0.533. The molecule has 0 bridgehead atoms. The normalized spacial score (nSPS) is 16.4. The van der Waals surface area contributed by atoms with Crippen molar-refractivity contribution in [2.24, 2.45) is 5.92 Å². The molecule has 1 amide bonds. The molecule has 140 valence electrons. The molecule has 1 aliphatic rings. The van der Waals surface area contributed by atoms with E-state index < -0.39 is 28.7 Å². The Morgan fingerprint density at radius 3 is 2.36 bits per heavy atom. The topological polar surface area (TPSA) is 75.7 Å². The lowest BCUT2D eigenvalue weighted by molar-refractivity contribution is -0.274. The second-order valence-corrected chi connectivity index (χ2v) is 7.69. The van der Waals surface area contributed by atoms with Gasteiger partial charge in [-0.1, -0.05) is 0 Å². The molecule has 1 fully saturated rings. The molecular weight excluding hydrogens is 361 g/mol. The van der Waals surface area contributed by atoms with Gasteiger partial charge in [-0.2, -0.15) is 0 Å². The molecule has 0 aliphatic heterocycles. The molecule has 2 rings (SSSR count). The predicted molar refractivity (Wildman–Crippen MR) is 83.3 cm³/mol. The van der Waals surface area contributed by atoms with Crippen molar-refractivity contribution < 1.29 is 31.1 Å². The van der Waals surface area contributed by atoms with E-state index in [1.165, 1.54) is 4.90 Å². The summed E-state index contributed by atoms with van der Waals surface area (Å²) in [7, 11) is -2.40. The van der Waals surface area contributed by atoms with E-state index in [0.717, 1.165) is 37.1 Å². The summed E-state index contributed by atoms with van der Waals surface area (Å²) >= 11 is 0. The van der Waals surface area contributed by atoms with Gasteiger partial charge in [0.2, 0.25) is 15.9 Å². The van der Waals surface area contributed by atoms with E-state index in [0.29, 0.717) is 5.92 Å². The second-order valence-electron chi connectivity index (χ2n) is 5.93. The number of nitrogens with one attached hydrogen (secondary N) is 1. The molecule has 6 nitrogen and oxygen atoms in total. The van der Waals surface area contributed by atoms with Crippen LogP contribution in [-0.4, -0.2) is 45.2 Å². The molecule has 1 unspecified atom stereocenters. The van der Waals surface area contributed by atoms with Crippen molar-refractivity contribution >= 4 is 15.9 Å². The van der Waals surface area contributed by atoms with Gasteiger partial charge in [-0.05, 0) is 49.9 Å². The van der Waals surface area contributed by atoms with Crippen LogP contribution in [0.2, 0.25) is 0 Å². The van der Waals surface area contributed by atoms with Crippen molar-refractivity contribution in [3.63, 3.8) is 0 Å². The number of hydrogen-bond acceptors (Lipinski definition) is 4. The van der Waals surface area contributed by atoms with E-state index in [1.807, 2.05) is 6.92 Å². The standard InChI is InChI=1S/C15H19F3N2O4S/c1-10(11-3-4-11)20(2)14(21)9-19-25(22,23)13-7-5-12(6-8-13)24-15(16,17)18/h5-8,10-11,19H,3-4,9H2,1-2H3. The van der Waals surface area contributed by atoms with Crippen molar-refractivity contribution in [3.05, 3.63) is 24.3 Å². The summed E-state index contributed by atoms with van der Waals surface area (Å²) in [6.45, 7) is 1.49. The molecule has 1 aliphatic carbocycles. The van der Waals surface area contributed by atoms with E-state index in [1.54, 1.807) is 7.05 Å². The fourth-order valence-electron chi connectivity index (χ4n) is 2.31. The summed E-state index contributed by atoms with van der Waals surface area (Å²) in [6.07, 6.45) is -2.75. The molecule has 10 heteroatoms. The number of sulfonamides is 1. The first-order valence-corrected chi connectivity index (χ1v) is 9.09. The van der Waals surface area contributed by atoms with Gasteiger partial charge in [0.1, 0.15) is 5.75 Å². The Morgan fingerprint density at radius 2 is 1.88 bits per heavy atom. The number of hydrogen-bond donors (Lipinski definition) is 1. The average Bonchev–Trinajstić information content (AvgIpc) is 3.35. The van der Waals surface area contributed by atoms with Crippen LogP contribution in [0.25, 0.3) is 0 Å². The zero-order chi connectivity index (χ0) is 18.8. The summed E-state index contributed by atoms with van der Waals surface area (Å²) in [5.41, 5.74) is 0. The number of carbonyl (C=O) groups excluding carboxylic acids is 1. The first-order chi connectivity index (χ1) is 11.5. The van der Waals surface area contributed by atoms with Crippen LogP contribution < -0.4 is 9.46 Å². The van der Waals surface area contributed by atoms with Gasteiger partial charge in [-0.3, -0.25) is 4.79 Å². The molecular formula is C15H19F3N2O4S. The molecule has 0 saturated heterocycles. The van der Waals surface area contributed by atoms with Crippen molar-refractivity contribution in [3.8, 4) is 5.75 Å². The highest BCUT2D eigenvalue weighted by molar-refractivity contribution is 7.89. The molecule has 25 heavy (non-hydrogen) atoms. The lowest BCUT2D eigenvalue weighted by atomic mass is 10.2. The SMILES string of the molecule is CC(C1CC1)N(C)C(=O)CNS(=O)(=O)c1ccc(OC(F)(F)F)cc1. The molecule has 1 saturated carbocycles. The van der Waals surface area contributed by atoms with E-state index in [2.05, 4.69) is 9.46 Å². The van der Waals surface area contributed by atoms with Crippen LogP contribution in [0.1, 0.15) is 19.8 Å². The van der Waals surface area contributed by atoms with Gasteiger partial charge in [0, 0.05) is 13.1 Å². The Bertz CT molecular complexity index is 715. The quantitative estimate of drug-likeness (QED) is 0.786. The minimum Gasteiger partial charge on any atom is -0.406 e. The highest BCUT2D eigenvalue weighted by Gasteiger charge is 2.33. The third-order valence-electron chi connectivity index (χ3n) is 4.09. The second kappa shape index (κ2) is 7.20. The Hall–Kier alpha value is -1.81. The predicted octanol–water partition coefficient (Wildman–Crippen LogP) is 2.12. The van der Waals surface area contributed by atoms with Crippen LogP contribution in [0.5, 0.6) is 5.75 Å². The van der Waals surface area contributed by atoms with Crippen LogP contribution >= 0.6 is 0 Å². The van der Waals surface area contributed by atoms with E-state index >= 15 is 0 Å². The van der Waals surface area contributed by atoms with Crippen LogP contribution in [0, 0.1) is 5.92 Å². The number of nitrogens with zero attached hydrogens (tertiary/aromatic N) is 1. The summed E-state index contributed by atoms with van der Waals surface area (Å²) in [4.78, 5) is 13.3. The number of carbonyl (C=O) groups is 1. The lowest BCUT2D eigenvalue weighted by Crippen LogP contribution is -2.43. The zero-order valence-electron chi connectivity index (χ0n) is 13.7. The van der Waals surface area contributed by atoms with Gasteiger partial charge in [0.25, 0.3) is 0 Å². The summed E-state index contributed by atoms with van der Waals surface area (Å²) < 4.78 is 66.4. The Labute approximate surface area is 144 Å². The largest absolute Gasteiger partial charge is 0.573 e. The van der Waals surface area contributed by atoms with Crippen LogP contribution in [0.3, 0.4) is 0 Å². The molecule has 1 N–H and O–H groups in total. The van der Waals surface area contributed by atoms with E-state index in [4.69, 9.17) is 0 Å². The van der Waals surface area contributed by atoms with Gasteiger partial charge >= 0.3 is 6.36 Å². The maximum Gasteiger partial charge on any atom is 0.573 e. The monoisotopic (exact) mass is 380 g/mol. The molecule has 0 heterocycles. The maximum absolute atomic E-state index is 12.1. The smallest absolute Gasteiger partial charge is 0.406 e. The molecule has 1 atom stereocenters. The molecule has 0 aromatic heterocycles. The minimum atomic E-state index is -4.85.